The average molecular weight is 578 g/mol. The van der Waals surface area contributed by atoms with Gasteiger partial charge in [-0.25, -0.2) is 0 Å². The van der Waals surface area contributed by atoms with Crippen LogP contribution in [0.1, 0.15) is 43.7 Å². The Bertz CT molecular complexity index is 1060. The minimum absolute atomic E-state index is 0.0730. The first-order chi connectivity index (χ1) is 17.7. The normalized spacial score (nSPS) is 29.9. The monoisotopic (exact) mass is 576 g/mol. The number of benzene rings is 1. The first-order valence-electron chi connectivity index (χ1n) is 13.1. The summed E-state index contributed by atoms with van der Waals surface area (Å²) in [4.78, 5) is 44.7. The molecule has 9 heteroatoms. The van der Waals surface area contributed by atoms with Crippen LogP contribution in [-0.2, 0) is 23.9 Å². The van der Waals surface area contributed by atoms with E-state index in [1.54, 1.807) is 22.8 Å². The van der Waals surface area contributed by atoms with Crippen molar-refractivity contribution in [3.05, 3.63) is 42.0 Å². The summed E-state index contributed by atoms with van der Waals surface area (Å²) in [5.41, 5.74) is 1.59. The van der Waals surface area contributed by atoms with E-state index in [1.807, 2.05) is 32.0 Å². The van der Waals surface area contributed by atoms with Gasteiger partial charge in [0.1, 0.15) is 11.6 Å². The predicted octanol–water partition coefficient (Wildman–Crippen LogP) is 3.30. The van der Waals surface area contributed by atoms with Crippen molar-refractivity contribution in [2.45, 2.75) is 69.0 Å². The van der Waals surface area contributed by atoms with E-state index in [0.717, 1.165) is 23.2 Å². The van der Waals surface area contributed by atoms with Gasteiger partial charge in [0.2, 0.25) is 5.91 Å². The molecule has 3 fully saturated rings. The van der Waals surface area contributed by atoms with Crippen LogP contribution in [0.15, 0.2) is 30.9 Å². The lowest BCUT2D eigenvalue weighted by atomic mass is 9.70. The third-order valence-corrected chi connectivity index (χ3v) is 8.72. The number of carbonyl (C=O) groups is 3. The van der Waals surface area contributed by atoms with E-state index < -0.39 is 35.6 Å². The summed E-state index contributed by atoms with van der Waals surface area (Å²) in [7, 11) is 0. The fraction of sp³-hybridized carbons (Fsp3) is 0.607. The molecule has 202 valence electrons. The number of anilines is 1. The van der Waals surface area contributed by atoms with E-state index in [4.69, 9.17) is 9.47 Å². The van der Waals surface area contributed by atoms with Crippen LogP contribution in [-0.4, -0.2) is 76.7 Å². The third-order valence-electron chi connectivity index (χ3n) is 7.87. The Balaban J connectivity index is 1.78. The highest BCUT2D eigenvalue weighted by molar-refractivity contribution is 9.09. The number of carbonyl (C=O) groups excluding carboxylic acids is 3. The van der Waals surface area contributed by atoms with Crippen molar-refractivity contribution in [2.75, 3.05) is 31.2 Å². The number of ether oxygens (including phenoxy) is 2. The van der Waals surface area contributed by atoms with E-state index in [1.165, 1.54) is 0 Å². The van der Waals surface area contributed by atoms with Crippen LogP contribution in [0.3, 0.4) is 0 Å². The van der Waals surface area contributed by atoms with Crippen LogP contribution in [0.25, 0.3) is 0 Å². The molecular weight excluding hydrogens is 540 g/mol. The van der Waals surface area contributed by atoms with Crippen molar-refractivity contribution < 1.29 is 29.0 Å². The molecule has 1 aromatic rings. The molecule has 3 aliphatic rings. The van der Waals surface area contributed by atoms with Crippen LogP contribution >= 0.6 is 15.9 Å². The van der Waals surface area contributed by atoms with Crippen LogP contribution in [0, 0.1) is 25.7 Å². The van der Waals surface area contributed by atoms with Gasteiger partial charge >= 0.3 is 5.97 Å². The number of hydrogen-bond acceptors (Lipinski definition) is 6. The van der Waals surface area contributed by atoms with Crippen molar-refractivity contribution in [3.8, 4) is 0 Å². The number of fused-ring (bicyclic) bond motifs is 1. The number of halogens is 1. The molecule has 1 spiro atoms. The molecule has 37 heavy (non-hydrogen) atoms. The molecule has 3 saturated heterocycles. The second-order valence-corrected chi connectivity index (χ2v) is 11.4. The molecule has 1 aromatic carbocycles. The minimum atomic E-state index is -1.13. The maximum atomic E-state index is 14.5. The summed E-state index contributed by atoms with van der Waals surface area (Å²) in [6.07, 6.45) is 3.57. The SMILES string of the molecule is C=CCN(C(=O)[C@H]1N(CCCCCO)C(=O)[C@@H]2[C@@H](C(=O)OCC)[C@@H]3O[C@@]21CC3Br)c1cc(C)ccc1C. The van der Waals surface area contributed by atoms with E-state index in [0.29, 0.717) is 25.8 Å². The van der Waals surface area contributed by atoms with E-state index in [-0.39, 0.29) is 36.4 Å². The van der Waals surface area contributed by atoms with Crippen LogP contribution in [0.4, 0.5) is 5.69 Å². The fourth-order valence-corrected chi connectivity index (χ4v) is 7.26. The predicted molar refractivity (Wildman–Crippen MR) is 143 cm³/mol. The molecule has 0 radical (unpaired) electrons. The number of rotatable bonds is 11. The Morgan fingerprint density at radius 1 is 1.32 bits per heavy atom. The summed E-state index contributed by atoms with van der Waals surface area (Å²) in [6.45, 7) is 10.4. The number of aliphatic hydroxyl groups is 1. The molecule has 1 unspecified atom stereocenters. The number of aryl methyl sites for hydroxylation is 2. The summed E-state index contributed by atoms with van der Waals surface area (Å²) < 4.78 is 11.9. The van der Waals surface area contributed by atoms with Crippen molar-refractivity contribution in [2.24, 2.45) is 11.8 Å². The Kier molecular flexibility index (Phi) is 8.45. The topological polar surface area (TPSA) is 96.4 Å². The first kappa shape index (κ1) is 27.8. The van der Waals surface area contributed by atoms with Gasteiger partial charge < -0.3 is 24.4 Å². The molecule has 2 bridgehead atoms. The van der Waals surface area contributed by atoms with Crippen molar-refractivity contribution >= 4 is 39.4 Å². The van der Waals surface area contributed by atoms with E-state index in [2.05, 4.69) is 22.5 Å². The standard InChI is InChI=1S/C28H37BrN2O6/c1-5-12-30(20-15-17(3)10-11-18(20)4)26(34)24-28-16-19(29)23(37-28)21(27(35)36-6-2)22(28)25(33)31(24)13-8-7-9-14-32/h5,10-11,15,19,21-24,32H,1,6-9,12-14,16H2,2-4H3/t19?,21-,22+,23-,24-,28+/m1/s1. The molecule has 3 heterocycles. The number of aliphatic hydroxyl groups excluding tert-OH is 1. The van der Waals surface area contributed by atoms with Gasteiger partial charge in [0.15, 0.2) is 0 Å². The number of nitrogens with zero attached hydrogens (tertiary/aromatic N) is 2. The number of likely N-dealkylation sites (tertiary alicyclic amines) is 1. The summed E-state index contributed by atoms with van der Waals surface area (Å²) in [5.74, 6) is -2.47. The number of unbranched alkanes of at least 4 members (excludes halogenated alkanes) is 2. The smallest absolute Gasteiger partial charge is 0.312 e. The molecule has 4 rings (SSSR count). The zero-order valence-corrected chi connectivity index (χ0v) is 23.4. The Hall–Kier alpha value is -2.23. The Morgan fingerprint density at radius 3 is 2.76 bits per heavy atom. The van der Waals surface area contributed by atoms with Gasteiger partial charge in [0.25, 0.3) is 5.91 Å². The zero-order valence-electron chi connectivity index (χ0n) is 21.8. The van der Waals surface area contributed by atoms with Gasteiger partial charge in [0.05, 0.1) is 24.5 Å². The molecule has 6 atom stereocenters. The molecule has 8 nitrogen and oxygen atoms in total. The highest BCUT2D eigenvalue weighted by Crippen LogP contribution is 2.60. The molecular formula is C28H37BrN2O6. The second-order valence-electron chi connectivity index (χ2n) is 10.3. The van der Waals surface area contributed by atoms with Gasteiger partial charge in [-0.3, -0.25) is 14.4 Å². The first-order valence-corrected chi connectivity index (χ1v) is 14.0. The van der Waals surface area contributed by atoms with Gasteiger partial charge in [0, 0.05) is 30.2 Å². The lowest BCUT2D eigenvalue weighted by Gasteiger charge is -2.37. The van der Waals surface area contributed by atoms with Gasteiger partial charge in [-0.15, -0.1) is 6.58 Å². The van der Waals surface area contributed by atoms with Crippen molar-refractivity contribution in [3.63, 3.8) is 0 Å². The van der Waals surface area contributed by atoms with Gasteiger partial charge in [-0.1, -0.05) is 34.1 Å². The van der Waals surface area contributed by atoms with E-state index in [9.17, 15) is 19.5 Å². The molecule has 0 aliphatic carbocycles. The minimum Gasteiger partial charge on any atom is -0.466 e. The van der Waals surface area contributed by atoms with Gasteiger partial charge in [-0.2, -0.15) is 0 Å². The molecule has 3 aliphatic heterocycles. The number of amides is 2. The highest BCUT2D eigenvalue weighted by atomic mass is 79.9. The maximum Gasteiger partial charge on any atom is 0.312 e. The molecule has 1 N–H and O–H groups in total. The summed E-state index contributed by atoms with van der Waals surface area (Å²) >= 11 is 3.68. The van der Waals surface area contributed by atoms with Crippen LogP contribution in [0.5, 0.6) is 0 Å². The third kappa shape index (κ3) is 4.74. The fourth-order valence-electron chi connectivity index (χ4n) is 6.32. The Morgan fingerprint density at radius 2 is 2.08 bits per heavy atom. The molecule has 2 amide bonds. The summed E-state index contributed by atoms with van der Waals surface area (Å²) in [6, 6.07) is 5.06. The average Bonchev–Trinajstić information content (AvgIpc) is 3.45. The number of esters is 1. The van der Waals surface area contributed by atoms with Gasteiger partial charge in [-0.05, 0) is 63.6 Å². The van der Waals surface area contributed by atoms with E-state index >= 15 is 0 Å². The summed E-state index contributed by atoms with van der Waals surface area (Å²) in [5, 5.41) is 9.22. The molecule has 0 saturated carbocycles. The number of alkyl halides is 1. The van der Waals surface area contributed by atoms with Crippen LogP contribution < -0.4 is 4.90 Å². The van der Waals surface area contributed by atoms with Crippen molar-refractivity contribution in [1.82, 2.24) is 4.90 Å². The largest absolute Gasteiger partial charge is 0.466 e. The highest BCUT2D eigenvalue weighted by Gasteiger charge is 2.77. The van der Waals surface area contributed by atoms with Crippen LogP contribution in [0.2, 0.25) is 0 Å². The Labute approximate surface area is 227 Å². The molecule has 0 aromatic heterocycles. The lowest BCUT2D eigenvalue weighted by molar-refractivity contribution is -0.154. The number of hydrogen-bond donors (Lipinski definition) is 1. The lowest BCUT2D eigenvalue weighted by Crippen LogP contribution is -2.57. The van der Waals surface area contributed by atoms with Crippen molar-refractivity contribution in [1.29, 1.82) is 0 Å². The quantitative estimate of drug-likeness (QED) is 0.188. The second kappa shape index (κ2) is 11.3. The zero-order chi connectivity index (χ0) is 26.9. The maximum absolute atomic E-state index is 14.5.